The second kappa shape index (κ2) is 4.01. The van der Waals surface area contributed by atoms with Crippen LogP contribution in [-0.2, 0) is 0 Å². The van der Waals surface area contributed by atoms with E-state index in [1.165, 1.54) is 38.6 Å². The molecule has 1 aliphatic heterocycles. The van der Waals surface area contributed by atoms with Crippen LogP contribution in [0.4, 0.5) is 0 Å². The minimum Gasteiger partial charge on any atom is -0.313 e. The smallest absolute Gasteiger partial charge is 0.0203 e. The fraction of sp³-hybridized carbons (Fsp3) is 1.00. The van der Waals surface area contributed by atoms with Gasteiger partial charge in [0.2, 0.25) is 0 Å². The van der Waals surface area contributed by atoms with Gasteiger partial charge >= 0.3 is 0 Å². The molecule has 2 fully saturated rings. The first kappa shape index (κ1) is 8.89. The van der Waals surface area contributed by atoms with Crippen molar-refractivity contribution in [3.63, 3.8) is 0 Å². The predicted octanol–water partition coefficient (Wildman–Crippen LogP) is 2.41. The van der Waals surface area contributed by atoms with E-state index >= 15 is 0 Å². The lowest BCUT2D eigenvalue weighted by atomic mass is 9.95. The maximum atomic E-state index is 3.69. The summed E-state index contributed by atoms with van der Waals surface area (Å²) >= 11 is 2.23. The molecule has 1 N–H and O–H groups in total. The quantitative estimate of drug-likeness (QED) is 0.622. The van der Waals surface area contributed by atoms with E-state index in [1.807, 2.05) is 0 Å². The van der Waals surface area contributed by atoms with Gasteiger partial charge in [0.15, 0.2) is 0 Å². The number of hydrogen-bond acceptors (Lipinski definition) is 2. The summed E-state index contributed by atoms with van der Waals surface area (Å²) in [7, 11) is 0. The van der Waals surface area contributed by atoms with Gasteiger partial charge in [0.1, 0.15) is 0 Å². The van der Waals surface area contributed by atoms with E-state index in [1.54, 1.807) is 0 Å². The highest BCUT2D eigenvalue weighted by molar-refractivity contribution is 8.00. The lowest BCUT2D eigenvalue weighted by molar-refractivity contribution is 0.390. The van der Waals surface area contributed by atoms with E-state index in [2.05, 4.69) is 24.0 Å². The lowest BCUT2D eigenvalue weighted by Gasteiger charge is -2.30. The second-order valence-electron chi connectivity index (χ2n) is 4.12. The summed E-state index contributed by atoms with van der Waals surface area (Å²) in [5.41, 5.74) is 0. The van der Waals surface area contributed by atoms with Gasteiger partial charge in [0, 0.05) is 16.5 Å². The van der Waals surface area contributed by atoms with Gasteiger partial charge in [-0.3, -0.25) is 0 Å². The first-order valence-electron chi connectivity index (χ1n) is 5.25. The molecular weight excluding hydrogens is 166 g/mol. The third-order valence-corrected chi connectivity index (χ3v) is 4.68. The zero-order valence-electron chi connectivity index (χ0n) is 7.88. The number of thioether (sulfide) groups is 1. The van der Waals surface area contributed by atoms with E-state index in [0.717, 1.165) is 16.5 Å². The van der Waals surface area contributed by atoms with Gasteiger partial charge < -0.3 is 5.32 Å². The van der Waals surface area contributed by atoms with Crippen LogP contribution in [0.3, 0.4) is 0 Å². The molecule has 1 saturated heterocycles. The highest BCUT2D eigenvalue weighted by Crippen LogP contribution is 2.34. The van der Waals surface area contributed by atoms with E-state index in [0.29, 0.717) is 0 Å². The number of rotatable bonds is 0. The average Bonchev–Trinajstić information content (AvgIpc) is 2.25. The molecule has 0 bridgehead atoms. The molecule has 3 unspecified atom stereocenters. The molecule has 1 nitrogen and oxygen atoms in total. The van der Waals surface area contributed by atoms with Crippen LogP contribution in [0, 0.1) is 0 Å². The van der Waals surface area contributed by atoms with Gasteiger partial charge in [-0.2, -0.15) is 11.8 Å². The summed E-state index contributed by atoms with van der Waals surface area (Å²) in [6, 6.07) is 0.841. The molecule has 1 aliphatic carbocycles. The molecular formula is C10H19NS. The van der Waals surface area contributed by atoms with Crippen LogP contribution in [0.2, 0.25) is 0 Å². The maximum Gasteiger partial charge on any atom is 0.0203 e. The molecule has 0 aromatic rings. The molecule has 2 aliphatic rings. The van der Waals surface area contributed by atoms with Crippen molar-refractivity contribution in [2.75, 3.05) is 6.54 Å². The molecule has 0 aromatic heterocycles. The summed E-state index contributed by atoms with van der Waals surface area (Å²) in [5, 5.41) is 5.50. The zero-order chi connectivity index (χ0) is 8.39. The zero-order valence-corrected chi connectivity index (χ0v) is 8.70. The Bertz CT molecular complexity index is 149. The average molecular weight is 185 g/mol. The van der Waals surface area contributed by atoms with Crippen molar-refractivity contribution in [3.8, 4) is 0 Å². The highest BCUT2D eigenvalue weighted by atomic mass is 32.2. The lowest BCUT2D eigenvalue weighted by Crippen LogP contribution is -2.39. The van der Waals surface area contributed by atoms with Crippen LogP contribution in [0.1, 0.15) is 39.0 Å². The van der Waals surface area contributed by atoms with Crippen molar-refractivity contribution in [3.05, 3.63) is 0 Å². The highest BCUT2D eigenvalue weighted by Gasteiger charge is 2.28. The largest absolute Gasteiger partial charge is 0.313 e. The minimum atomic E-state index is 0.841. The van der Waals surface area contributed by atoms with E-state index in [4.69, 9.17) is 0 Å². The summed E-state index contributed by atoms with van der Waals surface area (Å²) in [6.07, 6.45) is 7.14. The Morgan fingerprint density at radius 1 is 1.17 bits per heavy atom. The Morgan fingerprint density at radius 3 is 2.92 bits per heavy atom. The van der Waals surface area contributed by atoms with Crippen molar-refractivity contribution in [2.24, 2.45) is 0 Å². The number of hydrogen-bond donors (Lipinski definition) is 1. The maximum absolute atomic E-state index is 3.69. The van der Waals surface area contributed by atoms with Crippen molar-refractivity contribution in [1.29, 1.82) is 0 Å². The summed E-state index contributed by atoms with van der Waals surface area (Å²) in [4.78, 5) is 0. The van der Waals surface area contributed by atoms with Gasteiger partial charge in [0.25, 0.3) is 0 Å². The van der Waals surface area contributed by atoms with Gasteiger partial charge in [-0.15, -0.1) is 0 Å². The van der Waals surface area contributed by atoms with Crippen molar-refractivity contribution >= 4 is 11.8 Å². The van der Waals surface area contributed by atoms with Gasteiger partial charge in [-0.1, -0.05) is 19.8 Å². The Hall–Kier alpha value is 0.310. The van der Waals surface area contributed by atoms with E-state index < -0.39 is 0 Å². The normalized spacial score (nSPS) is 43.2. The third kappa shape index (κ3) is 1.97. The summed E-state index contributed by atoms with van der Waals surface area (Å²) in [5.74, 6) is 0. The molecule has 0 aromatic carbocycles. The van der Waals surface area contributed by atoms with Crippen molar-refractivity contribution < 1.29 is 0 Å². The topological polar surface area (TPSA) is 12.0 Å². The Balaban J connectivity index is 1.96. The molecule has 70 valence electrons. The predicted molar refractivity (Wildman–Crippen MR) is 55.7 cm³/mol. The molecule has 12 heavy (non-hydrogen) atoms. The molecule has 1 saturated carbocycles. The number of nitrogens with one attached hydrogen (secondary N) is 1. The SMILES string of the molecule is CC1CCNC2CCCCC2S1. The first-order chi connectivity index (χ1) is 5.86. The molecule has 2 rings (SSSR count). The molecule has 0 spiro atoms. The fourth-order valence-corrected chi connectivity index (χ4v) is 3.91. The van der Waals surface area contributed by atoms with Gasteiger partial charge in [-0.25, -0.2) is 0 Å². The molecule has 3 atom stereocenters. The molecule has 2 heteroatoms. The monoisotopic (exact) mass is 185 g/mol. The van der Waals surface area contributed by atoms with Crippen LogP contribution in [0.25, 0.3) is 0 Å². The van der Waals surface area contributed by atoms with Crippen molar-refractivity contribution in [2.45, 2.75) is 55.6 Å². The van der Waals surface area contributed by atoms with Crippen LogP contribution in [0.5, 0.6) is 0 Å². The third-order valence-electron chi connectivity index (χ3n) is 3.07. The first-order valence-corrected chi connectivity index (χ1v) is 6.19. The fourth-order valence-electron chi connectivity index (χ4n) is 2.33. The Labute approximate surface area is 79.7 Å². The Morgan fingerprint density at radius 2 is 2.00 bits per heavy atom. The van der Waals surface area contributed by atoms with Crippen LogP contribution in [-0.4, -0.2) is 23.1 Å². The Kier molecular flexibility index (Phi) is 2.97. The molecule has 0 amide bonds. The second-order valence-corrected chi connectivity index (χ2v) is 5.80. The van der Waals surface area contributed by atoms with Crippen LogP contribution < -0.4 is 5.32 Å². The standard InChI is InChI=1S/C10H19NS/c1-8-6-7-11-9-4-2-3-5-10(9)12-8/h8-11H,2-7H2,1H3. The van der Waals surface area contributed by atoms with Crippen molar-refractivity contribution in [1.82, 2.24) is 5.32 Å². The molecule has 1 heterocycles. The van der Waals surface area contributed by atoms with E-state index in [9.17, 15) is 0 Å². The van der Waals surface area contributed by atoms with Gasteiger partial charge in [0.05, 0.1) is 0 Å². The summed E-state index contributed by atoms with van der Waals surface area (Å²) in [6.45, 7) is 3.62. The number of fused-ring (bicyclic) bond motifs is 1. The van der Waals surface area contributed by atoms with E-state index in [-0.39, 0.29) is 0 Å². The summed E-state index contributed by atoms with van der Waals surface area (Å²) < 4.78 is 0. The minimum absolute atomic E-state index is 0.841. The van der Waals surface area contributed by atoms with Gasteiger partial charge in [-0.05, 0) is 25.8 Å². The molecule has 0 radical (unpaired) electrons. The van der Waals surface area contributed by atoms with Crippen LogP contribution >= 0.6 is 11.8 Å². The van der Waals surface area contributed by atoms with Crippen LogP contribution in [0.15, 0.2) is 0 Å².